The van der Waals surface area contributed by atoms with Crippen molar-refractivity contribution < 1.29 is 19.4 Å². The van der Waals surface area contributed by atoms with Crippen molar-refractivity contribution in [3.63, 3.8) is 0 Å². The Bertz CT molecular complexity index is 949. The average Bonchev–Trinajstić information content (AvgIpc) is 3.51. The summed E-state index contributed by atoms with van der Waals surface area (Å²) in [5.41, 5.74) is 4.31. The normalized spacial score (nSPS) is 18.4. The number of hydrogen-bond donors (Lipinski definition) is 2. The van der Waals surface area contributed by atoms with Crippen molar-refractivity contribution in [3.05, 3.63) is 41.6 Å². The molecule has 1 heterocycles. The monoisotopic (exact) mass is 396 g/mol. The third-order valence-electron chi connectivity index (χ3n) is 6.19. The number of rotatable bonds is 7. The number of ether oxygens (including phenoxy) is 2. The van der Waals surface area contributed by atoms with Gasteiger partial charge in [0.1, 0.15) is 5.75 Å². The van der Waals surface area contributed by atoms with Gasteiger partial charge in [0, 0.05) is 24.3 Å². The first-order valence-corrected chi connectivity index (χ1v) is 10.2. The zero-order valence-electron chi connectivity index (χ0n) is 17.0. The molecule has 0 saturated heterocycles. The van der Waals surface area contributed by atoms with E-state index in [1.165, 1.54) is 31.9 Å². The molecule has 0 bridgehead atoms. The number of methoxy groups -OCH3 is 2. The maximum absolute atomic E-state index is 12.6. The lowest BCUT2D eigenvalue weighted by molar-refractivity contribution is 0.0839. The highest BCUT2D eigenvalue weighted by Crippen LogP contribution is 2.56. The van der Waals surface area contributed by atoms with Crippen molar-refractivity contribution in [1.29, 1.82) is 0 Å². The van der Waals surface area contributed by atoms with Gasteiger partial charge in [0.15, 0.2) is 0 Å². The topological polar surface area (TPSA) is 80.7 Å². The van der Waals surface area contributed by atoms with Gasteiger partial charge in [0.25, 0.3) is 5.91 Å². The second-order valence-corrected chi connectivity index (χ2v) is 8.21. The lowest BCUT2D eigenvalue weighted by Gasteiger charge is -2.22. The van der Waals surface area contributed by atoms with E-state index in [1.54, 1.807) is 13.3 Å². The highest BCUT2D eigenvalue weighted by Gasteiger charge is 2.42. The third-order valence-corrected chi connectivity index (χ3v) is 6.19. The minimum Gasteiger partial charge on any atom is -0.497 e. The Kier molecular flexibility index (Phi) is 5.56. The average molecular weight is 396 g/mol. The predicted molar refractivity (Wildman–Crippen MR) is 112 cm³/mol. The second-order valence-electron chi connectivity index (χ2n) is 8.21. The molecule has 1 amide bonds. The maximum atomic E-state index is 12.6. The van der Waals surface area contributed by atoms with Crippen LogP contribution in [0.2, 0.25) is 0 Å². The van der Waals surface area contributed by atoms with Crippen LogP contribution in [-0.2, 0) is 4.74 Å². The van der Waals surface area contributed by atoms with Crippen LogP contribution in [0.3, 0.4) is 0 Å². The molecule has 1 aromatic carbocycles. The van der Waals surface area contributed by atoms with E-state index < -0.39 is 6.04 Å². The zero-order valence-corrected chi connectivity index (χ0v) is 17.0. The number of fused-ring (bicyclic) bond motifs is 1. The van der Waals surface area contributed by atoms with E-state index in [4.69, 9.17) is 9.47 Å². The van der Waals surface area contributed by atoms with Crippen LogP contribution in [0.5, 0.6) is 5.75 Å². The minimum atomic E-state index is -0.453. The molecule has 1 aromatic heterocycles. The smallest absolute Gasteiger partial charge is 0.253 e. The van der Waals surface area contributed by atoms with Crippen LogP contribution in [0.1, 0.15) is 48.0 Å². The van der Waals surface area contributed by atoms with Gasteiger partial charge in [-0.05, 0) is 61.3 Å². The van der Waals surface area contributed by atoms with Gasteiger partial charge in [-0.15, -0.1) is 0 Å². The first-order valence-electron chi connectivity index (χ1n) is 10.2. The van der Waals surface area contributed by atoms with Crippen molar-refractivity contribution in [1.82, 2.24) is 10.3 Å². The van der Waals surface area contributed by atoms with Crippen molar-refractivity contribution in [2.24, 2.45) is 5.41 Å². The molecule has 6 nitrogen and oxygen atoms in total. The van der Waals surface area contributed by atoms with Crippen molar-refractivity contribution in [2.45, 2.75) is 38.1 Å². The van der Waals surface area contributed by atoms with E-state index in [2.05, 4.69) is 16.4 Å². The Hall–Kier alpha value is -2.44. The van der Waals surface area contributed by atoms with Gasteiger partial charge in [-0.3, -0.25) is 9.78 Å². The second kappa shape index (κ2) is 8.13. The number of benzene rings is 1. The minimum absolute atomic E-state index is 0.186. The van der Waals surface area contributed by atoms with Gasteiger partial charge in [-0.2, -0.15) is 0 Å². The molecular weight excluding hydrogens is 368 g/mol. The fourth-order valence-corrected chi connectivity index (χ4v) is 4.14. The molecule has 2 aliphatic rings. The summed E-state index contributed by atoms with van der Waals surface area (Å²) in [6.07, 6.45) is 10.1. The third kappa shape index (κ3) is 4.14. The lowest BCUT2D eigenvalue weighted by atomic mass is 9.83. The molecule has 1 atom stereocenters. The first-order chi connectivity index (χ1) is 14.1. The zero-order chi connectivity index (χ0) is 20.4. The van der Waals surface area contributed by atoms with Gasteiger partial charge >= 0.3 is 0 Å². The molecule has 2 aromatic rings. The predicted octanol–water partition coefficient (Wildman–Crippen LogP) is 3.33. The molecule has 6 heteroatoms. The molecule has 1 saturated carbocycles. The number of aromatic nitrogens is 1. The number of pyridine rings is 1. The van der Waals surface area contributed by atoms with E-state index in [-0.39, 0.29) is 19.1 Å². The van der Waals surface area contributed by atoms with E-state index >= 15 is 0 Å². The number of carbonyl (C=O) groups is 1. The highest BCUT2D eigenvalue weighted by molar-refractivity contribution is 6.00. The number of amides is 1. The fourth-order valence-electron chi connectivity index (χ4n) is 4.14. The number of nitrogens with one attached hydrogen (secondary N) is 1. The summed E-state index contributed by atoms with van der Waals surface area (Å²) in [4.78, 5) is 17.2. The molecule has 0 radical (unpaired) electrons. The van der Waals surface area contributed by atoms with Crippen LogP contribution in [0.25, 0.3) is 16.5 Å². The van der Waals surface area contributed by atoms with Crippen molar-refractivity contribution >= 4 is 22.4 Å². The largest absolute Gasteiger partial charge is 0.497 e. The summed E-state index contributed by atoms with van der Waals surface area (Å²) < 4.78 is 10.5. The van der Waals surface area contributed by atoms with Crippen LogP contribution in [-0.4, -0.2) is 49.5 Å². The molecule has 1 spiro atoms. The van der Waals surface area contributed by atoms with Crippen LogP contribution in [0.4, 0.5) is 0 Å². The molecule has 2 aliphatic carbocycles. The number of aliphatic hydroxyl groups is 1. The van der Waals surface area contributed by atoms with Crippen molar-refractivity contribution in [3.8, 4) is 5.75 Å². The Labute approximate surface area is 170 Å². The first kappa shape index (κ1) is 19.9. The van der Waals surface area contributed by atoms with Crippen LogP contribution in [0, 0.1) is 5.41 Å². The summed E-state index contributed by atoms with van der Waals surface area (Å²) in [5, 5.41) is 13.0. The van der Waals surface area contributed by atoms with E-state index in [0.29, 0.717) is 11.0 Å². The van der Waals surface area contributed by atoms with Crippen molar-refractivity contribution in [2.75, 3.05) is 27.4 Å². The van der Waals surface area contributed by atoms with Crippen LogP contribution >= 0.6 is 0 Å². The Balaban J connectivity index is 1.66. The number of hydrogen-bond acceptors (Lipinski definition) is 5. The Morgan fingerprint density at radius 2 is 2.10 bits per heavy atom. The van der Waals surface area contributed by atoms with E-state index in [1.807, 2.05) is 18.2 Å². The molecule has 0 aliphatic heterocycles. The SMILES string of the molecule is COCC(CO)NC(=O)c1cnc2c(C3=CCC4(CC3)CC4)cc(OC)cc2c1. The summed E-state index contributed by atoms with van der Waals surface area (Å²) in [5.74, 6) is 0.472. The van der Waals surface area contributed by atoms with Gasteiger partial charge in [-0.1, -0.05) is 6.08 Å². The van der Waals surface area contributed by atoms with Crippen LogP contribution in [0.15, 0.2) is 30.5 Å². The molecule has 29 heavy (non-hydrogen) atoms. The molecule has 2 N–H and O–H groups in total. The number of carbonyl (C=O) groups excluding carboxylic acids is 1. The summed E-state index contributed by atoms with van der Waals surface area (Å²) >= 11 is 0. The number of allylic oxidation sites excluding steroid dienone is 2. The molecule has 4 rings (SSSR count). The molecule has 1 fully saturated rings. The van der Waals surface area contributed by atoms with Gasteiger partial charge in [0.2, 0.25) is 0 Å². The Morgan fingerprint density at radius 1 is 1.28 bits per heavy atom. The van der Waals surface area contributed by atoms with Gasteiger partial charge in [-0.25, -0.2) is 0 Å². The fraction of sp³-hybridized carbons (Fsp3) is 0.478. The summed E-state index contributed by atoms with van der Waals surface area (Å²) in [7, 11) is 3.19. The van der Waals surface area contributed by atoms with E-state index in [9.17, 15) is 9.90 Å². The van der Waals surface area contributed by atoms with Gasteiger partial charge < -0.3 is 19.9 Å². The highest BCUT2D eigenvalue weighted by atomic mass is 16.5. The number of nitrogens with zero attached hydrogens (tertiary/aromatic N) is 1. The van der Waals surface area contributed by atoms with E-state index in [0.717, 1.165) is 35.1 Å². The quantitative estimate of drug-likeness (QED) is 0.750. The molecule has 154 valence electrons. The summed E-state index contributed by atoms with van der Waals surface area (Å²) in [6.45, 7) is 0.0606. The van der Waals surface area contributed by atoms with Crippen LogP contribution < -0.4 is 10.1 Å². The standard InChI is InChI=1S/C23H28N2O4/c1-28-14-18(13-26)25-22(27)17-9-16-10-19(29-2)11-20(21(16)24-12-17)15-3-5-23(6-4-15)7-8-23/h3,9-12,18,26H,4-8,13-14H2,1-2H3,(H,25,27). The van der Waals surface area contributed by atoms with Gasteiger partial charge in [0.05, 0.1) is 37.4 Å². The Morgan fingerprint density at radius 3 is 2.72 bits per heavy atom. The summed E-state index contributed by atoms with van der Waals surface area (Å²) in [6, 6.07) is 5.34. The lowest BCUT2D eigenvalue weighted by Crippen LogP contribution is -2.40. The molecule has 1 unspecified atom stereocenters. The number of aliphatic hydroxyl groups excluding tert-OH is 1. The maximum Gasteiger partial charge on any atom is 0.253 e. The molecular formula is C23H28N2O4.